The van der Waals surface area contributed by atoms with E-state index in [-0.39, 0.29) is 12.0 Å². The van der Waals surface area contributed by atoms with Crippen LogP contribution in [0.1, 0.15) is 74.6 Å². The number of pyridine rings is 1. The van der Waals surface area contributed by atoms with Crippen molar-refractivity contribution in [1.82, 2.24) is 10.3 Å². The zero-order chi connectivity index (χ0) is 26.6. The fourth-order valence-electron chi connectivity index (χ4n) is 4.99. The molecule has 0 spiro atoms. The quantitative estimate of drug-likeness (QED) is 0.339. The number of carbonyl (C=O) groups is 1. The number of amides is 1. The number of nitrogens with one attached hydrogen (secondary N) is 2. The summed E-state index contributed by atoms with van der Waals surface area (Å²) in [5.41, 5.74) is 2.64. The van der Waals surface area contributed by atoms with Gasteiger partial charge in [-0.15, -0.1) is 0 Å². The second-order valence-corrected chi connectivity index (χ2v) is 10.3. The highest BCUT2D eigenvalue weighted by Gasteiger charge is 2.21. The molecule has 4 rings (SSSR count). The van der Waals surface area contributed by atoms with Crippen LogP contribution < -0.4 is 15.4 Å². The Hall–Kier alpha value is -3.69. The van der Waals surface area contributed by atoms with E-state index in [1.54, 1.807) is 6.20 Å². The molecule has 1 aliphatic carbocycles. The molecule has 0 saturated heterocycles. The van der Waals surface area contributed by atoms with Crippen molar-refractivity contribution in [3.05, 3.63) is 89.6 Å². The molecular weight excluding hydrogens is 472 g/mol. The second-order valence-electron chi connectivity index (χ2n) is 10.3. The second kappa shape index (κ2) is 14.3. The van der Waals surface area contributed by atoms with Crippen LogP contribution in [0.25, 0.3) is 0 Å². The predicted molar refractivity (Wildman–Crippen MR) is 151 cm³/mol. The van der Waals surface area contributed by atoms with Crippen molar-refractivity contribution in [3.8, 4) is 11.8 Å². The van der Waals surface area contributed by atoms with Crippen molar-refractivity contribution in [1.29, 1.82) is 5.26 Å². The Morgan fingerprint density at radius 1 is 1.00 bits per heavy atom. The molecule has 2 N–H and O–H groups in total. The number of nitrogens with zero attached hydrogens (tertiary/aromatic N) is 2. The highest BCUT2D eigenvalue weighted by atomic mass is 16.5. The molecule has 2 aromatic carbocycles. The Bertz CT molecular complexity index is 1170. The standard InChI is InChI=1S/C32H38N4O2/c1-24-8-5-6-12-28(13-7-9-24)38-29-18-19-30(35-23-29)36-32(37)31(27-10-3-2-4-11-27)34-21-20-25-14-16-26(22-33)17-15-25/h2-4,10-11,14-19,23-24,28,31,34H,5-9,12-13,20-21H2,1H3,(H,35,36,37)/t24?,28?,31-/m0/s1. The van der Waals surface area contributed by atoms with Gasteiger partial charge in [-0.2, -0.15) is 5.26 Å². The SMILES string of the molecule is CC1CCCCC(Oc2ccc(NC(=O)[C@@H](NCCc3ccc(C#N)cc3)c3ccccc3)nc2)CCC1. The van der Waals surface area contributed by atoms with Gasteiger partial charge in [-0.1, -0.05) is 68.7 Å². The number of ether oxygens (including phenoxy) is 1. The van der Waals surface area contributed by atoms with Gasteiger partial charge in [0.25, 0.3) is 0 Å². The van der Waals surface area contributed by atoms with Crippen LogP contribution in [0.5, 0.6) is 5.75 Å². The minimum Gasteiger partial charge on any atom is -0.489 e. The maximum atomic E-state index is 13.3. The monoisotopic (exact) mass is 510 g/mol. The Kier molecular flexibility index (Phi) is 10.3. The summed E-state index contributed by atoms with van der Waals surface area (Å²) in [5, 5.41) is 15.3. The summed E-state index contributed by atoms with van der Waals surface area (Å²) in [6.07, 6.45) is 11.1. The molecule has 1 aliphatic rings. The van der Waals surface area contributed by atoms with Crippen molar-refractivity contribution >= 4 is 11.7 Å². The van der Waals surface area contributed by atoms with Gasteiger partial charge < -0.3 is 15.4 Å². The van der Waals surface area contributed by atoms with Crippen LogP contribution in [0.15, 0.2) is 72.9 Å². The molecule has 1 amide bonds. The van der Waals surface area contributed by atoms with Crippen LogP contribution in [-0.4, -0.2) is 23.5 Å². The summed E-state index contributed by atoms with van der Waals surface area (Å²) in [4.78, 5) is 17.8. The zero-order valence-corrected chi connectivity index (χ0v) is 22.2. The van der Waals surface area contributed by atoms with Gasteiger partial charge in [0.2, 0.25) is 5.91 Å². The van der Waals surface area contributed by atoms with Gasteiger partial charge in [0, 0.05) is 6.54 Å². The molecule has 38 heavy (non-hydrogen) atoms. The fraction of sp³-hybridized carbons (Fsp3) is 0.406. The maximum absolute atomic E-state index is 13.3. The number of hydrogen-bond donors (Lipinski definition) is 2. The van der Waals surface area contributed by atoms with E-state index in [4.69, 9.17) is 10.00 Å². The molecule has 6 nitrogen and oxygen atoms in total. The third kappa shape index (κ3) is 8.43. The first-order valence-electron chi connectivity index (χ1n) is 13.8. The molecule has 1 fully saturated rings. The van der Waals surface area contributed by atoms with Crippen molar-refractivity contribution in [2.24, 2.45) is 5.92 Å². The van der Waals surface area contributed by atoms with Crippen molar-refractivity contribution in [2.75, 3.05) is 11.9 Å². The van der Waals surface area contributed by atoms with E-state index < -0.39 is 6.04 Å². The summed E-state index contributed by atoms with van der Waals surface area (Å²) < 4.78 is 6.26. The molecule has 198 valence electrons. The van der Waals surface area contributed by atoms with E-state index >= 15 is 0 Å². The van der Waals surface area contributed by atoms with Crippen molar-refractivity contribution < 1.29 is 9.53 Å². The van der Waals surface area contributed by atoms with Crippen molar-refractivity contribution in [2.45, 2.75) is 70.4 Å². The van der Waals surface area contributed by atoms with E-state index in [0.29, 0.717) is 17.9 Å². The summed E-state index contributed by atoms with van der Waals surface area (Å²) in [6.45, 7) is 2.96. The first kappa shape index (κ1) is 27.3. The smallest absolute Gasteiger partial charge is 0.247 e. The minimum atomic E-state index is -0.520. The number of carbonyl (C=O) groups excluding carboxylic acids is 1. The van der Waals surface area contributed by atoms with Crippen LogP contribution in [0.3, 0.4) is 0 Å². The van der Waals surface area contributed by atoms with Gasteiger partial charge in [0.15, 0.2) is 0 Å². The number of hydrogen-bond acceptors (Lipinski definition) is 5. The minimum absolute atomic E-state index is 0.164. The Labute approximate surface area is 226 Å². The molecule has 6 heteroatoms. The van der Waals surface area contributed by atoms with Gasteiger partial charge >= 0.3 is 0 Å². The van der Waals surface area contributed by atoms with Crippen LogP contribution in [-0.2, 0) is 11.2 Å². The maximum Gasteiger partial charge on any atom is 0.247 e. The van der Waals surface area contributed by atoms with Gasteiger partial charge in [0.05, 0.1) is 23.9 Å². The topological polar surface area (TPSA) is 87.0 Å². The van der Waals surface area contributed by atoms with E-state index in [1.807, 2.05) is 66.7 Å². The Morgan fingerprint density at radius 2 is 1.74 bits per heavy atom. The summed E-state index contributed by atoms with van der Waals surface area (Å²) in [5.74, 6) is 1.90. The Balaban J connectivity index is 1.34. The summed E-state index contributed by atoms with van der Waals surface area (Å²) >= 11 is 0. The normalized spacial score (nSPS) is 18.7. The van der Waals surface area contributed by atoms with Crippen LogP contribution >= 0.6 is 0 Å². The number of aromatic nitrogens is 1. The average molecular weight is 511 g/mol. The predicted octanol–water partition coefficient (Wildman–Crippen LogP) is 6.59. The van der Waals surface area contributed by atoms with Crippen LogP contribution in [0.4, 0.5) is 5.82 Å². The Morgan fingerprint density at radius 3 is 2.47 bits per heavy atom. The fourth-order valence-corrected chi connectivity index (χ4v) is 4.99. The molecule has 0 bridgehead atoms. The lowest BCUT2D eigenvalue weighted by Gasteiger charge is -2.20. The first-order valence-corrected chi connectivity index (χ1v) is 13.8. The molecule has 1 heterocycles. The molecule has 1 saturated carbocycles. The van der Waals surface area contributed by atoms with Gasteiger partial charge in [-0.25, -0.2) is 4.98 Å². The molecule has 3 atom stereocenters. The number of nitriles is 1. The molecule has 0 aliphatic heterocycles. The van der Waals surface area contributed by atoms with E-state index in [9.17, 15) is 4.79 Å². The van der Waals surface area contributed by atoms with Gasteiger partial charge in [-0.3, -0.25) is 4.79 Å². The van der Waals surface area contributed by atoms with Gasteiger partial charge in [-0.05, 0) is 73.4 Å². The van der Waals surface area contributed by atoms with E-state index in [0.717, 1.165) is 42.1 Å². The zero-order valence-electron chi connectivity index (χ0n) is 22.2. The summed E-state index contributed by atoms with van der Waals surface area (Å²) in [6, 6.07) is 22.5. The lowest BCUT2D eigenvalue weighted by atomic mass is 9.99. The number of benzene rings is 2. The highest BCUT2D eigenvalue weighted by molar-refractivity contribution is 5.94. The lowest BCUT2D eigenvalue weighted by Crippen LogP contribution is -2.34. The highest BCUT2D eigenvalue weighted by Crippen LogP contribution is 2.25. The van der Waals surface area contributed by atoms with Gasteiger partial charge in [0.1, 0.15) is 17.6 Å². The van der Waals surface area contributed by atoms with Crippen LogP contribution in [0.2, 0.25) is 0 Å². The molecular formula is C32H38N4O2. The largest absolute Gasteiger partial charge is 0.489 e. The lowest BCUT2D eigenvalue weighted by molar-refractivity contribution is -0.118. The first-order chi connectivity index (χ1) is 18.6. The van der Waals surface area contributed by atoms with Crippen molar-refractivity contribution in [3.63, 3.8) is 0 Å². The van der Waals surface area contributed by atoms with E-state index in [1.165, 1.54) is 32.1 Å². The molecule has 2 unspecified atom stereocenters. The third-order valence-corrected chi connectivity index (χ3v) is 7.23. The van der Waals surface area contributed by atoms with E-state index in [2.05, 4.69) is 28.6 Å². The number of anilines is 1. The third-order valence-electron chi connectivity index (χ3n) is 7.23. The number of rotatable bonds is 9. The molecule has 3 aromatic rings. The summed E-state index contributed by atoms with van der Waals surface area (Å²) in [7, 11) is 0. The molecule has 1 aromatic heterocycles. The molecule has 0 radical (unpaired) electrons. The average Bonchev–Trinajstić information content (AvgIpc) is 3.04. The van der Waals surface area contributed by atoms with Crippen LogP contribution in [0, 0.1) is 17.2 Å².